The molecule has 0 radical (unpaired) electrons. The minimum Gasteiger partial charge on any atom is -0.381 e. The van der Waals surface area contributed by atoms with Gasteiger partial charge in [0.2, 0.25) is 5.91 Å². The van der Waals surface area contributed by atoms with Crippen LogP contribution in [0.4, 0.5) is 18.9 Å². The number of halogens is 4. The van der Waals surface area contributed by atoms with Crippen LogP contribution in [0.25, 0.3) is 0 Å². The number of carbonyl (C=O) groups is 1. The minimum atomic E-state index is -3.67. The van der Waals surface area contributed by atoms with Crippen molar-refractivity contribution in [2.24, 2.45) is 5.92 Å². The highest BCUT2D eigenvalue weighted by molar-refractivity contribution is 7.85. The van der Waals surface area contributed by atoms with Crippen LogP contribution < -0.4 is 5.32 Å². The molecule has 1 fully saturated rings. The van der Waals surface area contributed by atoms with Crippen molar-refractivity contribution in [1.29, 1.82) is 0 Å². The van der Waals surface area contributed by atoms with Crippen LogP contribution in [0.1, 0.15) is 43.4 Å². The molecule has 2 aromatic carbocycles. The molecule has 35 heavy (non-hydrogen) atoms. The van der Waals surface area contributed by atoms with Gasteiger partial charge in [0.15, 0.2) is 0 Å². The number of nitrogens with zero attached hydrogens (tertiary/aromatic N) is 1. The predicted molar refractivity (Wildman–Crippen MR) is 136 cm³/mol. The average molecular weight is 529 g/mol. The summed E-state index contributed by atoms with van der Waals surface area (Å²) in [5.74, 6) is 1.49. The van der Waals surface area contributed by atoms with Gasteiger partial charge in [0.05, 0.1) is 0 Å². The topological polar surface area (TPSA) is 49.4 Å². The smallest absolute Gasteiger partial charge is 0.379 e. The number of hydrogen-bond acceptors (Lipinski definition) is 3. The van der Waals surface area contributed by atoms with E-state index in [9.17, 15) is 22.2 Å². The zero-order valence-corrected chi connectivity index (χ0v) is 21.8. The van der Waals surface area contributed by atoms with Crippen molar-refractivity contribution in [2.75, 3.05) is 23.9 Å². The van der Waals surface area contributed by atoms with Gasteiger partial charge >= 0.3 is 6.68 Å². The van der Waals surface area contributed by atoms with E-state index < -0.39 is 17.5 Å². The van der Waals surface area contributed by atoms with Crippen molar-refractivity contribution < 1.29 is 22.2 Å². The SMILES string of the molecule is CN(Cc1ccc(NC2Cc3ccc(Cl)cc3C2(C)C)cc1)C(=O)C1CCS(=O)CC1.FC(F)F. The van der Waals surface area contributed by atoms with Crippen LogP contribution in [-0.2, 0) is 34.0 Å². The van der Waals surface area contributed by atoms with Crippen molar-refractivity contribution >= 4 is 34.0 Å². The molecule has 192 valence electrons. The van der Waals surface area contributed by atoms with Crippen LogP contribution >= 0.6 is 11.6 Å². The summed E-state index contributed by atoms with van der Waals surface area (Å²) < 4.78 is 40.5. The minimum absolute atomic E-state index is 0.00476. The lowest BCUT2D eigenvalue weighted by Gasteiger charge is -2.30. The number of rotatable bonds is 5. The summed E-state index contributed by atoms with van der Waals surface area (Å²) in [6.07, 6.45) is 2.46. The molecule has 0 spiro atoms. The molecule has 2 aromatic rings. The average Bonchev–Trinajstić information content (AvgIpc) is 3.04. The molecule has 2 aliphatic rings. The fourth-order valence-electron chi connectivity index (χ4n) is 4.83. The van der Waals surface area contributed by atoms with Gasteiger partial charge in [-0.25, -0.2) is 0 Å². The highest BCUT2D eigenvalue weighted by Gasteiger charge is 2.39. The monoisotopic (exact) mass is 528 g/mol. The first-order valence-corrected chi connectivity index (χ1v) is 13.5. The second-order valence-electron chi connectivity index (χ2n) is 9.69. The number of benzene rings is 2. The van der Waals surface area contributed by atoms with Crippen molar-refractivity contribution in [3.05, 3.63) is 64.2 Å². The Bertz CT molecular complexity index is 1040. The van der Waals surface area contributed by atoms with Crippen LogP contribution in [0.15, 0.2) is 42.5 Å². The molecule has 0 aromatic heterocycles. The molecule has 1 aliphatic heterocycles. The van der Waals surface area contributed by atoms with Crippen LogP contribution in [-0.4, -0.2) is 46.3 Å². The van der Waals surface area contributed by atoms with Gasteiger partial charge in [-0.3, -0.25) is 9.00 Å². The first-order chi connectivity index (χ1) is 16.5. The van der Waals surface area contributed by atoms with Crippen LogP contribution in [0.2, 0.25) is 5.02 Å². The quantitative estimate of drug-likeness (QED) is 0.521. The largest absolute Gasteiger partial charge is 0.381 e. The zero-order valence-electron chi connectivity index (χ0n) is 20.2. The van der Waals surface area contributed by atoms with E-state index in [-0.39, 0.29) is 17.2 Å². The van der Waals surface area contributed by atoms with E-state index in [1.54, 1.807) is 0 Å². The molecule has 4 nitrogen and oxygen atoms in total. The molecule has 0 bridgehead atoms. The molecule has 1 aliphatic carbocycles. The van der Waals surface area contributed by atoms with Crippen molar-refractivity contribution in [3.8, 4) is 0 Å². The molecule has 9 heteroatoms. The van der Waals surface area contributed by atoms with Gasteiger partial charge in [-0.2, -0.15) is 13.2 Å². The van der Waals surface area contributed by atoms with E-state index in [0.717, 1.165) is 35.5 Å². The van der Waals surface area contributed by atoms with E-state index >= 15 is 0 Å². The number of nitrogens with one attached hydrogen (secondary N) is 1. The van der Waals surface area contributed by atoms with Crippen molar-refractivity contribution in [2.45, 2.75) is 57.8 Å². The molecular formula is C26H32ClF3N2O2S. The molecule has 0 saturated carbocycles. The molecule has 1 saturated heterocycles. The third kappa shape index (κ3) is 7.23. The number of carbonyl (C=O) groups excluding carboxylic acids is 1. The summed E-state index contributed by atoms with van der Waals surface area (Å²) in [6.45, 7) is 1.46. The lowest BCUT2D eigenvalue weighted by atomic mass is 9.83. The number of amides is 1. The fraction of sp³-hybridized carbons (Fsp3) is 0.500. The first-order valence-electron chi connectivity index (χ1n) is 11.6. The molecular weight excluding hydrogens is 497 g/mol. The van der Waals surface area contributed by atoms with E-state index in [2.05, 4.69) is 55.6 Å². The Hall–Kier alpha value is -2.06. The molecule has 4 rings (SSSR count). The summed E-state index contributed by atoms with van der Waals surface area (Å²) in [7, 11) is 1.13. The van der Waals surface area contributed by atoms with Crippen LogP contribution in [0.3, 0.4) is 0 Å². The Morgan fingerprint density at radius 3 is 2.34 bits per heavy atom. The second-order valence-corrected chi connectivity index (χ2v) is 11.8. The highest BCUT2D eigenvalue weighted by Crippen LogP contribution is 2.41. The second kappa shape index (κ2) is 11.8. The first kappa shape index (κ1) is 27.5. The lowest BCUT2D eigenvalue weighted by Crippen LogP contribution is -2.36. The maximum Gasteiger partial charge on any atom is 0.379 e. The number of anilines is 1. The van der Waals surface area contributed by atoms with Gasteiger partial charge in [-0.15, -0.1) is 0 Å². The summed E-state index contributed by atoms with van der Waals surface area (Å²) in [4.78, 5) is 14.5. The third-order valence-electron chi connectivity index (χ3n) is 6.89. The van der Waals surface area contributed by atoms with E-state index in [0.29, 0.717) is 24.1 Å². The maximum atomic E-state index is 12.7. The molecule has 1 heterocycles. The normalized spacial score (nSPS) is 22.7. The number of fused-ring (bicyclic) bond motifs is 1. The van der Waals surface area contributed by atoms with Gasteiger partial charge < -0.3 is 10.2 Å². The summed E-state index contributed by atoms with van der Waals surface area (Å²) in [5, 5.41) is 4.49. The number of alkyl halides is 3. The van der Waals surface area contributed by atoms with Gasteiger partial charge in [-0.1, -0.05) is 43.6 Å². The fourth-order valence-corrected chi connectivity index (χ4v) is 6.30. The van der Waals surface area contributed by atoms with Gasteiger partial charge in [0.1, 0.15) is 0 Å². The Kier molecular flexibility index (Phi) is 9.27. The summed E-state index contributed by atoms with van der Waals surface area (Å²) in [5.41, 5.74) is 4.87. The standard InChI is InChI=1S/C25H31ClN2O2S.CHF3/c1-25(2)22-15-20(26)7-6-19(22)14-23(25)27-21-8-4-17(5-9-21)16-28(3)24(29)18-10-12-31(30)13-11-18;2-1(3)4/h4-9,15,18,23,27H,10-14,16H2,1-3H3;1H. The van der Waals surface area contributed by atoms with Gasteiger partial charge in [0.25, 0.3) is 0 Å². The lowest BCUT2D eigenvalue weighted by molar-refractivity contribution is -0.135. The predicted octanol–water partition coefficient (Wildman–Crippen LogP) is 5.95. The van der Waals surface area contributed by atoms with E-state index in [1.807, 2.05) is 18.0 Å². The molecule has 1 unspecified atom stereocenters. The maximum absolute atomic E-state index is 12.7. The van der Waals surface area contributed by atoms with Gasteiger partial charge in [-0.05, 0) is 60.2 Å². The van der Waals surface area contributed by atoms with Crippen molar-refractivity contribution in [3.63, 3.8) is 0 Å². The summed E-state index contributed by atoms with van der Waals surface area (Å²) >= 11 is 6.23. The Morgan fingerprint density at radius 2 is 1.74 bits per heavy atom. The number of hydrogen-bond donors (Lipinski definition) is 1. The highest BCUT2D eigenvalue weighted by atomic mass is 35.5. The Morgan fingerprint density at radius 1 is 1.14 bits per heavy atom. The Balaban J connectivity index is 0.000000795. The van der Waals surface area contributed by atoms with Crippen LogP contribution in [0.5, 0.6) is 0 Å². The van der Waals surface area contributed by atoms with Crippen molar-refractivity contribution in [1.82, 2.24) is 4.90 Å². The summed E-state index contributed by atoms with van der Waals surface area (Å²) in [6, 6.07) is 14.9. The van der Waals surface area contributed by atoms with E-state index in [4.69, 9.17) is 11.6 Å². The van der Waals surface area contributed by atoms with Crippen LogP contribution in [0, 0.1) is 5.92 Å². The Labute approximate surface area is 212 Å². The van der Waals surface area contributed by atoms with Gasteiger partial charge in [0, 0.05) is 64.0 Å². The van der Waals surface area contributed by atoms with E-state index in [1.165, 1.54) is 11.1 Å². The zero-order chi connectivity index (χ0) is 25.8. The molecule has 1 N–H and O–H groups in total. The molecule has 1 atom stereocenters. The third-order valence-corrected chi connectivity index (χ3v) is 8.51. The molecule has 1 amide bonds.